The Bertz CT molecular complexity index is 767. The van der Waals surface area contributed by atoms with E-state index >= 15 is 0 Å². The van der Waals surface area contributed by atoms with E-state index in [4.69, 9.17) is 0 Å². The first-order valence-electron chi connectivity index (χ1n) is 9.11. The van der Waals surface area contributed by atoms with E-state index in [-0.39, 0.29) is 11.8 Å². The van der Waals surface area contributed by atoms with Gasteiger partial charge in [-0.3, -0.25) is 9.59 Å². The molecular formula is C22H26I2N2O2. The van der Waals surface area contributed by atoms with Gasteiger partial charge in [0.15, 0.2) is 0 Å². The smallest absolute Gasteiger partial charge is 0.226 e. The number of carbonyl (C=O) groups is 2. The Labute approximate surface area is 195 Å². The fourth-order valence-corrected chi connectivity index (χ4v) is 4.48. The third-order valence-corrected chi connectivity index (χ3v) is 6.90. The molecule has 28 heavy (non-hydrogen) atoms. The minimum absolute atomic E-state index is 0.00853. The lowest BCUT2D eigenvalue weighted by atomic mass is 9.81. The standard InChI is InChI=1S/C22H26I2N2O2/c1-25(2)21(27)17(13-15-9-5-7-11-19(15)23)18(22(28)26(3)4)14-16-10-6-8-12-20(16)24/h5-12,17-18H,13-14H2,1-4H3/t17-,18+. The van der Waals surface area contributed by atoms with Crippen molar-refractivity contribution in [2.45, 2.75) is 12.8 Å². The van der Waals surface area contributed by atoms with Crippen molar-refractivity contribution in [1.82, 2.24) is 9.80 Å². The molecule has 0 saturated carbocycles. The molecule has 2 aromatic carbocycles. The summed E-state index contributed by atoms with van der Waals surface area (Å²) in [5, 5.41) is 0. The first-order chi connectivity index (χ1) is 13.2. The lowest BCUT2D eigenvalue weighted by Crippen LogP contribution is -2.43. The molecule has 0 aliphatic carbocycles. The molecule has 0 unspecified atom stereocenters. The fourth-order valence-electron chi connectivity index (χ4n) is 3.27. The van der Waals surface area contributed by atoms with Crippen LogP contribution >= 0.6 is 45.2 Å². The zero-order chi connectivity index (χ0) is 20.8. The number of hydrogen-bond donors (Lipinski definition) is 0. The highest BCUT2D eigenvalue weighted by Gasteiger charge is 2.36. The van der Waals surface area contributed by atoms with E-state index in [9.17, 15) is 9.59 Å². The largest absolute Gasteiger partial charge is 0.349 e. The van der Waals surface area contributed by atoms with Crippen LogP contribution < -0.4 is 0 Å². The number of rotatable bonds is 7. The molecule has 2 aromatic rings. The first kappa shape index (κ1) is 23.1. The Kier molecular flexibility index (Phi) is 8.73. The van der Waals surface area contributed by atoms with E-state index < -0.39 is 11.8 Å². The second kappa shape index (κ2) is 10.6. The predicted molar refractivity (Wildman–Crippen MR) is 130 cm³/mol. The summed E-state index contributed by atoms with van der Waals surface area (Å²) in [7, 11) is 7.03. The van der Waals surface area contributed by atoms with E-state index in [1.807, 2.05) is 48.5 Å². The summed E-state index contributed by atoms with van der Waals surface area (Å²) in [6.45, 7) is 0. The van der Waals surface area contributed by atoms with Crippen LogP contribution in [0.5, 0.6) is 0 Å². The van der Waals surface area contributed by atoms with Crippen LogP contribution in [-0.2, 0) is 22.4 Å². The summed E-state index contributed by atoms with van der Waals surface area (Å²) in [5.41, 5.74) is 2.20. The molecule has 4 nitrogen and oxygen atoms in total. The molecule has 0 radical (unpaired) electrons. The zero-order valence-electron chi connectivity index (χ0n) is 16.7. The van der Waals surface area contributed by atoms with E-state index in [1.54, 1.807) is 38.0 Å². The number of carbonyl (C=O) groups excluding carboxylic acids is 2. The average molecular weight is 604 g/mol. The molecule has 0 aliphatic rings. The van der Waals surface area contributed by atoms with Gasteiger partial charge in [-0.05, 0) is 81.3 Å². The number of nitrogens with zero attached hydrogens (tertiary/aromatic N) is 2. The topological polar surface area (TPSA) is 40.6 Å². The van der Waals surface area contributed by atoms with Crippen molar-refractivity contribution < 1.29 is 9.59 Å². The highest BCUT2D eigenvalue weighted by atomic mass is 127. The molecule has 2 rings (SSSR count). The summed E-state index contributed by atoms with van der Waals surface area (Å²) < 4.78 is 2.23. The van der Waals surface area contributed by atoms with Gasteiger partial charge in [0, 0.05) is 35.3 Å². The van der Waals surface area contributed by atoms with Crippen molar-refractivity contribution in [3.05, 3.63) is 66.8 Å². The molecule has 0 saturated heterocycles. The molecule has 6 heteroatoms. The number of amides is 2. The highest BCUT2D eigenvalue weighted by molar-refractivity contribution is 14.1. The number of halogens is 2. The van der Waals surface area contributed by atoms with Crippen molar-refractivity contribution in [3.8, 4) is 0 Å². The van der Waals surface area contributed by atoms with E-state index in [0.717, 1.165) is 18.3 Å². The normalized spacial score (nSPS) is 12.9. The second-order valence-corrected chi connectivity index (χ2v) is 9.59. The Morgan fingerprint density at radius 3 is 1.32 bits per heavy atom. The van der Waals surface area contributed by atoms with Crippen LogP contribution in [0.3, 0.4) is 0 Å². The van der Waals surface area contributed by atoms with Crippen LogP contribution in [0.25, 0.3) is 0 Å². The maximum absolute atomic E-state index is 13.2. The van der Waals surface area contributed by atoms with Crippen LogP contribution in [0.4, 0.5) is 0 Å². The summed E-state index contributed by atoms with van der Waals surface area (Å²) in [6.07, 6.45) is 1.09. The monoisotopic (exact) mass is 604 g/mol. The van der Waals surface area contributed by atoms with Gasteiger partial charge in [-0.2, -0.15) is 0 Å². The van der Waals surface area contributed by atoms with Crippen molar-refractivity contribution in [3.63, 3.8) is 0 Å². The third-order valence-electron chi connectivity index (χ3n) is 4.80. The molecule has 0 N–H and O–H groups in total. The molecule has 0 aliphatic heterocycles. The van der Waals surface area contributed by atoms with Gasteiger partial charge in [0.25, 0.3) is 0 Å². The van der Waals surface area contributed by atoms with E-state index in [0.29, 0.717) is 12.8 Å². The average Bonchev–Trinajstić information content (AvgIpc) is 2.66. The van der Waals surface area contributed by atoms with Crippen molar-refractivity contribution in [1.29, 1.82) is 0 Å². The van der Waals surface area contributed by atoms with Gasteiger partial charge in [0.2, 0.25) is 11.8 Å². The number of hydrogen-bond acceptors (Lipinski definition) is 2. The summed E-state index contributed by atoms with van der Waals surface area (Å²) in [4.78, 5) is 29.5. The minimum atomic E-state index is -0.420. The summed E-state index contributed by atoms with van der Waals surface area (Å²) >= 11 is 4.59. The first-order valence-corrected chi connectivity index (χ1v) is 11.3. The molecule has 0 spiro atoms. The summed E-state index contributed by atoms with van der Waals surface area (Å²) in [5.74, 6) is -0.856. The third kappa shape index (κ3) is 5.92. The van der Waals surface area contributed by atoms with Crippen LogP contribution in [0.2, 0.25) is 0 Å². The van der Waals surface area contributed by atoms with Crippen molar-refractivity contribution >= 4 is 57.0 Å². The molecule has 0 fully saturated rings. The quantitative estimate of drug-likeness (QED) is 0.448. The highest BCUT2D eigenvalue weighted by Crippen LogP contribution is 2.28. The SMILES string of the molecule is CN(C)C(=O)[C@@H](Cc1ccccc1I)[C@@H](Cc1ccccc1I)C(=O)N(C)C. The van der Waals surface area contributed by atoms with Gasteiger partial charge in [-0.15, -0.1) is 0 Å². The van der Waals surface area contributed by atoms with Gasteiger partial charge in [0.1, 0.15) is 0 Å². The van der Waals surface area contributed by atoms with Gasteiger partial charge >= 0.3 is 0 Å². The Balaban J connectivity index is 2.48. The van der Waals surface area contributed by atoms with Gasteiger partial charge in [0.05, 0.1) is 11.8 Å². The minimum Gasteiger partial charge on any atom is -0.349 e. The van der Waals surface area contributed by atoms with Crippen molar-refractivity contribution in [2.75, 3.05) is 28.2 Å². The predicted octanol–water partition coefficient (Wildman–Crippen LogP) is 4.09. The Morgan fingerprint density at radius 1 is 0.714 bits per heavy atom. The second-order valence-electron chi connectivity index (χ2n) is 7.27. The lowest BCUT2D eigenvalue weighted by molar-refractivity contribution is -0.143. The molecular weight excluding hydrogens is 578 g/mol. The van der Waals surface area contributed by atoms with Gasteiger partial charge in [-0.1, -0.05) is 36.4 Å². The maximum Gasteiger partial charge on any atom is 0.226 e. The maximum atomic E-state index is 13.2. The van der Waals surface area contributed by atoms with E-state index in [2.05, 4.69) is 45.2 Å². The Hall–Kier alpha value is -1.16. The zero-order valence-corrected chi connectivity index (χ0v) is 21.0. The van der Waals surface area contributed by atoms with Crippen LogP contribution in [0.1, 0.15) is 11.1 Å². The molecule has 0 bridgehead atoms. The van der Waals surface area contributed by atoms with E-state index in [1.165, 1.54) is 0 Å². The van der Waals surface area contributed by atoms with Crippen LogP contribution in [0.15, 0.2) is 48.5 Å². The molecule has 150 valence electrons. The van der Waals surface area contributed by atoms with Crippen LogP contribution in [-0.4, -0.2) is 49.8 Å². The van der Waals surface area contributed by atoms with Crippen molar-refractivity contribution in [2.24, 2.45) is 11.8 Å². The Morgan fingerprint density at radius 2 is 1.04 bits per heavy atom. The van der Waals surface area contributed by atoms with Crippen LogP contribution in [0, 0.1) is 19.0 Å². The number of benzene rings is 2. The lowest BCUT2D eigenvalue weighted by Gasteiger charge is -2.30. The summed E-state index contributed by atoms with van der Waals surface area (Å²) in [6, 6.07) is 16.1. The molecule has 2 amide bonds. The molecule has 2 atom stereocenters. The van der Waals surface area contributed by atoms with Gasteiger partial charge < -0.3 is 9.80 Å². The van der Waals surface area contributed by atoms with Gasteiger partial charge in [-0.25, -0.2) is 0 Å². The molecule has 0 heterocycles. The fraction of sp³-hybridized carbons (Fsp3) is 0.364. The molecule has 0 aromatic heterocycles.